The highest BCUT2D eigenvalue weighted by Crippen LogP contribution is 2.37. The summed E-state index contributed by atoms with van der Waals surface area (Å²) in [5, 5.41) is 0.970. The third-order valence-electron chi connectivity index (χ3n) is 9.89. The average Bonchev–Trinajstić information content (AvgIpc) is 3.66. The molecule has 7 heteroatoms. The summed E-state index contributed by atoms with van der Waals surface area (Å²) in [6, 6.07) is 61.2. The van der Waals surface area contributed by atoms with Gasteiger partial charge in [0.05, 0.1) is 0 Å². The Morgan fingerprint density at radius 1 is 0.357 bits per heavy atom. The van der Waals surface area contributed by atoms with Gasteiger partial charge in [-0.15, -0.1) is 12.6 Å². The molecule has 264 valence electrons. The molecular formula is C49H31N5OS. The van der Waals surface area contributed by atoms with Gasteiger partial charge in [-0.3, -0.25) is 0 Å². The van der Waals surface area contributed by atoms with Crippen LogP contribution in [0.4, 0.5) is 0 Å². The second-order valence-electron chi connectivity index (χ2n) is 13.5. The fraction of sp³-hybridized carbons (Fsp3) is 0. The number of hydrogen-bond donors (Lipinski definition) is 1. The number of nitrogens with zero attached hydrogens (tertiary/aromatic N) is 5. The second-order valence-corrected chi connectivity index (χ2v) is 13.9. The lowest BCUT2D eigenvalue weighted by molar-refractivity contribution is 0.667. The third-order valence-corrected chi connectivity index (χ3v) is 10.3. The van der Waals surface area contributed by atoms with E-state index in [9.17, 15) is 0 Å². The van der Waals surface area contributed by atoms with Crippen molar-refractivity contribution in [3.8, 4) is 79.1 Å². The summed E-state index contributed by atoms with van der Waals surface area (Å²) in [4.78, 5) is 25.6. The van der Waals surface area contributed by atoms with Crippen LogP contribution >= 0.6 is 12.6 Å². The van der Waals surface area contributed by atoms with Crippen molar-refractivity contribution < 1.29 is 4.42 Å². The Kier molecular flexibility index (Phi) is 8.46. The predicted molar refractivity (Wildman–Crippen MR) is 228 cm³/mol. The number of hydrogen-bond acceptors (Lipinski definition) is 7. The van der Waals surface area contributed by atoms with Crippen LogP contribution in [-0.4, -0.2) is 24.9 Å². The van der Waals surface area contributed by atoms with E-state index in [2.05, 4.69) is 66.7 Å². The fourth-order valence-corrected chi connectivity index (χ4v) is 7.28. The molecule has 0 atom stereocenters. The summed E-state index contributed by atoms with van der Waals surface area (Å²) in [5.41, 5.74) is 11.9. The monoisotopic (exact) mass is 737 g/mol. The SMILES string of the molecule is Sc1ccc(-c2nc(-c3ccccc3)nc(-c3ccccc3)n2)cc1-c1ccc(-c2ccc(-c3nc(-c4ccccc4)c4oc5ccccc5c4n3)cc2)cc1. The highest BCUT2D eigenvalue weighted by atomic mass is 32.1. The van der Waals surface area contributed by atoms with Crippen molar-refractivity contribution in [3.63, 3.8) is 0 Å². The molecule has 7 aromatic carbocycles. The molecule has 6 nitrogen and oxygen atoms in total. The van der Waals surface area contributed by atoms with Gasteiger partial charge in [0, 0.05) is 38.1 Å². The Hall–Kier alpha value is -7.22. The maximum atomic E-state index is 6.29. The van der Waals surface area contributed by atoms with Gasteiger partial charge in [0.25, 0.3) is 0 Å². The molecule has 0 aliphatic heterocycles. The molecule has 0 bridgehead atoms. The first kappa shape index (κ1) is 33.4. The van der Waals surface area contributed by atoms with Crippen LogP contribution in [-0.2, 0) is 0 Å². The smallest absolute Gasteiger partial charge is 0.180 e. The van der Waals surface area contributed by atoms with E-state index in [1.807, 2.05) is 115 Å². The lowest BCUT2D eigenvalue weighted by atomic mass is 9.98. The quantitative estimate of drug-likeness (QED) is 0.164. The molecule has 0 unspecified atom stereocenters. The van der Waals surface area contributed by atoms with Crippen molar-refractivity contribution in [2.75, 3.05) is 0 Å². The molecular weight excluding hydrogens is 707 g/mol. The molecule has 0 N–H and O–H groups in total. The number of benzene rings is 7. The predicted octanol–water partition coefficient (Wildman–Crippen LogP) is 12.5. The molecule has 3 aromatic heterocycles. The van der Waals surface area contributed by atoms with Crippen molar-refractivity contribution >= 4 is 34.7 Å². The van der Waals surface area contributed by atoms with E-state index >= 15 is 0 Å². The first-order valence-electron chi connectivity index (χ1n) is 18.3. The van der Waals surface area contributed by atoms with Crippen LogP contribution < -0.4 is 0 Å². The Morgan fingerprint density at radius 2 is 0.804 bits per heavy atom. The second kappa shape index (κ2) is 14.2. The first-order valence-corrected chi connectivity index (χ1v) is 18.8. The number of para-hydroxylation sites is 1. The minimum Gasteiger partial charge on any atom is -0.452 e. The Morgan fingerprint density at radius 3 is 1.41 bits per heavy atom. The summed E-state index contributed by atoms with van der Waals surface area (Å²) in [7, 11) is 0. The summed E-state index contributed by atoms with van der Waals surface area (Å²) >= 11 is 4.86. The minimum atomic E-state index is 0.601. The molecule has 3 heterocycles. The normalized spacial score (nSPS) is 11.3. The maximum Gasteiger partial charge on any atom is 0.180 e. The van der Waals surface area contributed by atoms with Crippen LogP contribution in [0, 0.1) is 0 Å². The van der Waals surface area contributed by atoms with Crippen LogP contribution in [0.1, 0.15) is 0 Å². The highest BCUT2D eigenvalue weighted by Gasteiger charge is 2.18. The first-order chi connectivity index (χ1) is 27.6. The largest absolute Gasteiger partial charge is 0.452 e. The highest BCUT2D eigenvalue weighted by molar-refractivity contribution is 7.80. The van der Waals surface area contributed by atoms with E-state index in [0.29, 0.717) is 28.9 Å². The van der Waals surface area contributed by atoms with Crippen LogP contribution in [0.2, 0.25) is 0 Å². The number of rotatable bonds is 7. The van der Waals surface area contributed by atoms with E-state index in [4.69, 9.17) is 42.0 Å². The van der Waals surface area contributed by atoms with Crippen molar-refractivity contribution in [2.24, 2.45) is 0 Å². The van der Waals surface area contributed by atoms with Crippen LogP contribution in [0.3, 0.4) is 0 Å². The molecule has 10 aromatic rings. The van der Waals surface area contributed by atoms with Gasteiger partial charge in [-0.2, -0.15) is 0 Å². The molecule has 0 aliphatic rings. The van der Waals surface area contributed by atoms with E-state index in [1.54, 1.807) is 0 Å². The van der Waals surface area contributed by atoms with Crippen LogP contribution in [0.25, 0.3) is 101 Å². The fourth-order valence-electron chi connectivity index (χ4n) is 7.01. The van der Waals surface area contributed by atoms with E-state index in [1.165, 1.54) is 0 Å². The van der Waals surface area contributed by atoms with Crippen molar-refractivity contribution in [3.05, 3.63) is 182 Å². The molecule has 10 rings (SSSR count). The standard InChI is InChI=1S/C49H31N5OS/c56-42-29-28-38(49-53-47(35-14-6-2-7-15-35)52-48(54-49)36-16-8-3-9-17-36)30-40(42)33-24-20-31(21-25-33)32-22-26-37(27-23-32)46-50-43(34-12-4-1-5-13-34)45-44(51-46)39-18-10-11-19-41(39)55-45/h1-30,56H. The summed E-state index contributed by atoms with van der Waals surface area (Å²) in [6.45, 7) is 0. The molecule has 0 radical (unpaired) electrons. The lowest BCUT2D eigenvalue weighted by Gasteiger charge is -2.12. The van der Waals surface area contributed by atoms with Crippen molar-refractivity contribution in [2.45, 2.75) is 4.90 Å². The van der Waals surface area contributed by atoms with Gasteiger partial charge in [0.15, 0.2) is 28.9 Å². The molecule has 0 spiro atoms. The van der Waals surface area contributed by atoms with Gasteiger partial charge < -0.3 is 4.42 Å². The van der Waals surface area contributed by atoms with Crippen LogP contribution in [0.15, 0.2) is 191 Å². The third kappa shape index (κ3) is 6.30. The van der Waals surface area contributed by atoms with Gasteiger partial charge in [-0.25, -0.2) is 24.9 Å². The number of thiol groups is 1. The maximum absolute atomic E-state index is 6.29. The van der Waals surface area contributed by atoms with Gasteiger partial charge in [0.2, 0.25) is 0 Å². The lowest BCUT2D eigenvalue weighted by Crippen LogP contribution is -2.00. The Bertz CT molecular complexity index is 2950. The van der Waals surface area contributed by atoms with E-state index < -0.39 is 0 Å². The topological polar surface area (TPSA) is 77.6 Å². The molecule has 0 fully saturated rings. The number of aromatic nitrogens is 5. The molecule has 0 aliphatic carbocycles. The van der Waals surface area contributed by atoms with Crippen molar-refractivity contribution in [1.82, 2.24) is 24.9 Å². The molecule has 0 saturated carbocycles. The zero-order chi connectivity index (χ0) is 37.4. The van der Waals surface area contributed by atoms with Gasteiger partial charge >= 0.3 is 0 Å². The van der Waals surface area contributed by atoms with Gasteiger partial charge in [0.1, 0.15) is 16.8 Å². The van der Waals surface area contributed by atoms with Crippen molar-refractivity contribution in [1.29, 1.82) is 0 Å². The van der Waals surface area contributed by atoms with E-state index in [-0.39, 0.29) is 0 Å². The summed E-state index contributed by atoms with van der Waals surface area (Å²) in [5.74, 6) is 2.50. The summed E-state index contributed by atoms with van der Waals surface area (Å²) in [6.07, 6.45) is 0. The van der Waals surface area contributed by atoms with Gasteiger partial charge in [-0.05, 0) is 46.5 Å². The van der Waals surface area contributed by atoms with Crippen LogP contribution in [0.5, 0.6) is 0 Å². The van der Waals surface area contributed by atoms with Gasteiger partial charge in [-0.1, -0.05) is 158 Å². The Balaban J connectivity index is 0.970. The zero-order valence-electron chi connectivity index (χ0n) is 29.9. The van der Waals surface area contributed by atoms with E-state index in [0.717, 1.165) is 77.1 Å². The molecule has 56 heavy (non-hydrogen) atoms. The minimum absolute atomic E-state index is 0.601. The summed E-state index contributed by atoms with van der Waals surface area (Å²) < 4.78 is 6.29. The zero-order valence-corrected chi connectivity index (χ0v) is 30.8. The number of fused-ring (bicyclic) bond motifs is 3. The molecule has 0 saturated heterocycles. The Labute approximate surface area is 328 Å². The molecule has 0 amide bonds. The average molecular weight is 738 g/mol. The number of furan rings is 1.